The maximum Gasteiger partial charge on any atom is 0.257 e. The predicted octanol–water partition coefficient (Wildman–Crippen LogP) is 1.92. The van der Waals surface area contributed by atoms with Gasteiger partial charge in [0.25, 0.3) is 5.91 Å². The first kappa shape index (κ1) is 24.3. The number of rotatable bonds is 4. The summed E-state index contributed by atoms with van der Waals surface area (Å²) in [6.07, 6.45) is 4.10. The minimum absolute atomic E-state index is 0.0605. The second-order valence-electron chi connectivity index (χ2n) is 8.86. The Morgan fingerprint density at radius 2 is 1.77 bits per heavy atom. The predicted molar refractivity (Wildman–Crippen MR) is 126 cm³/mol. The number of anilines is 1. The first-order valence-electron chi connectivity index (χ1n) is 11.6. The van der Waals surface area contributed by atoms with Crippen LogP contribution in [-0.2, 0) is 20.5 Å². The maximum absolute atomic E-state index is 15.1. The number of nitrogens with zero attached hydrogens (tertiary/aromatic N) is 4. The summed E-state index contributed by atoms with van der Waals surface area (Å²) >= 11 is 0. The van der Waals surface area contributed by atoms with E-state index < -0.39 is 34.2 Å². The fraction of sp³-hybridized carbons (Fsp3) is 0.565. The van der Waals surface area contributed by atoms with Gasteiger partial charge in [0.2, 0.25) is 0 Å². The van der Waals surface area contributed by atoms with Crippen molar-refractivity contribution in [1.29, 1.82) is 0 Å². The Balaban J connectivity index is 1.54. The first-order valence-corrected chi connectivity index (χ1v) is 13.1. The topological polar surface area (TPSA) is 84.4 Å². The summed E-state index contributed by atoms with van der Waals surface area (Å²) in [5, 5.41) is 0.212. The molecule has 1 spiro atoms. The molecule has 3 fully saturated rings. The number of piperidine rings is 1. The van der Waals surface area contributed by atoms with E-state index in [2.05, 4.69) is 4.98 Å². The number of halogens is 2. The number of methoxy groups -OCH3 is 1. The van der Waals surface area contributed by atoms with Crippen LogP contribution in [0.5, 0.6) is 5.75 Å². The van der Waals surface area contributed by atoms with Gasteiger partial charge in [0.05, 0.1) is 42.6 Å². The van der Waals surface area contributed by atoms with Gasteiger partial charge in [-0.1, -0.05) is 0 Å². The van der Waals surface area contributed by atoms with Gasteiger partial charge in [0.15, 0.2) is 23.2 Å². The third-order valence-electron chi connectivity index (χ3n) is 6.96. The van der Waals surface area contributed by atoms with Gasteiger partial charge < -0.3 is 24.0 Å². The molecule has 1 aromatic carbocycles. The highest BCUT2D eigenvalue weighted by Crippen LogP contribution is 2.40. The molecule has 190 valence electrons. The Morgan fingerprint density at radius 1 is 1.11 bits per heavy atom. The largest absolute Gasteiger partial charge is 0.491 e. The molecular formula is C23H28F2N4O5S. The van der Waals surface area contributed by atoms with Gasteiger partial charge >= 0.3 is 0 Å². The Kier molecular flexibility index (Phi) is 6.64. The van der Waals surface area contributed by atoms with Crippen LogP contribution in [0.4, 0.5) is 14.5 Å². The molecule has 1 aromatic heterocycles. The van der Waals surface area contributed by atoms with Crippen molar-refractivity contribution in [2.75, 3.05) is 70.7 Å². The molecule has 9 nitrogen and oxygen atoms in total. The second kappa shape index (κ2) is 9.57. The fourth-order valence-electron chi connectivity index (χ4n) is 5.09. The number of pyridine rings is 1. The third-order valence-corrected chi connectivity index (χ3v) is 8.05. The fourth-order valence-corrected chi connectivity index (χ4v) is 5.77. The van der Waals surface area contributed by atoms with Crippen molar-refractivity contribution in [3.63, 3.8) is 0 Å². The van der Waals surface area contributed by atoms with Crippen molar-refractivity contribution in [3.05, 3.63) is 29.5 Å². The highest BCUT2D eigenvalue weighted by molar-refractivity contribution is 7.81. The van der Waals surface area contributed by atoms with Crippen molar-refractivity contribution in [1.82, 2.24) is 14.2 Å². The van der Waals surface area contributed by atoms with Crippen LogP contribution < -0.4 is 9.64 Å². The van der Waals surface area contributed by atoms with E-state index >= 15 is 4.39 Å². The Labute approximate surface area is 204 Å². The van der Waals surface area contributed by atoms with Crippen molar-refractivity contribution in [3.8, 4) is 5.75 Å². The van der Waals surface area contributed by atoms with Crippen LogP contribution in [0.1, 0.15) is 23.2 Å². The highest BCUT2D eigenvalue weighted by Gasteiger charge is 2.41. The molecule has 5 rings (SSSR count). The number of ether oxygens (including phenoxy) is 3. The number of hydrogen-bond acceptors (Lipinski definition) is 7. The van der Waals surface area contributed by atoms with E-state index in [0.717, 1.165) is 0 Å². The second-order valence-corrected chi connectivity index (χ2v) is 10.2. The molecule has 1 amide bonds. The number of piperazine rings is 1. The van der Waals surface area contributed by atoms with E-state index in [1.807, 2.05) is 4.90 Å². The van der Waals surface area contributed by atoms with Gasteiger partial charge in [0, 0.05) is 69.9 Å². The number of aromatic nitrogens is 1. The van der Waals surface area contributed by atoms with Crippen molar-refractivity contribution >= 4 is 33.5 Å². The van der Waals surface area contributed by atoms with Crippen LogP contribution in [0.15, 0.2) is 12.3 Å². The zero-order chi connectivity index (χ0) is 24.7. The lowest BCUT2D eigenvalue weighted by molar-refractivity contribution is -0.169. The lowest BCUT2D eigenvalue weighted by Gasteiger charge is -2.40. The van der Waals surface area contributed by atoms with Gasteiger partial charge in [-0.25, -0.2) is 17.3 Å². The summed E-state index contributed by atoms with van der Waals surface area (Å²) < 4.78 is 60.0. The minimum Gasteiger partial charge on any atom is -0.491 e. The van der Waals surface area contributed by atoms with Crippen LogP contribution in [-0.4, -0.2) is 95.9 Å². The summed E-state index contributed by atoms with van der Waals surface area (Å²) in [6.45, 7) is 3.78. The van der Waals surface area contributed by atoms with Crippen molar-refractivity contribution in [2.24, 2.45) is 0 Å². The number of fused-ring (bicyclic) bond motifs is 1. The molecule has 1 atom stereocenters. The molecular weight excluding hydrogens is 482 g/mol. The van der Waals surface area contributed by atoms with Crippen LogP contribution >= 0.6 is 0 Å². The smallest absolute Gasteiger partial charge is 0.257 e. The molecule has 0 radical (unpaired) electrons. The molecule has 0 N–H and O–H groups in total. The highest BCUT2D eigenvalue weighted by atomic mass is 32.2. The molecule has 3 aliphatic heterocycles. The maximum atomic E-state index is 15.1. The summed E-state index contributed by atoms with van der Waals surface area (Å²) in [7, 11) is 0.0867. The van der Waals surface area contributed by atoms with Crippen LogP contribution in [0, 0.1) is 11.6 Å². The molecule has 2 aromatic rings. The normalized spacial score (nSPS) is 21.6. The molecule has 3 saturated heterocycles. The molecule has 3 aliphatic rings. The van der Waals surface area contributed by atoms with Gasteiger partial charge in [-0.3, -0.25) is 9.78 Å². The average molecular weight is 511 g/mol. The number of carbonyl (C=O) groups is 1. The summed E-state index contributed by atoms with van der Waals surface area (Å²) in [5.41, 5.74) is 0.654. The quantitative estimate of drug-likeness (QED) is 0.622. The van der Waals surface area contributed by atoms with Gasteiger partial charge in [-0.15, -0.1) is 0 Å². The van der Waals surface area contributed by atoms with Gasteiger partial charge in [-0.2, -0.15) is 0 Å². The lowest BCUT2D eigenvalue weighted by atomic mass is 9.99. The van der Waals surface area contributed by atoms with E-state index in [4.69, 9.17) is 14.2 Å². The number of benzene rings is 1. The number of hydrogen-bond donors (Lipinski definition) is 0. The standard InChI is InChI=1S/C23H28F2N4O5S/c1-32-21-17(24)13-15-19(18(21)25)26-14-16(22(30)28-7-9-29(10-8-28)35(2)31)20(15)27-5-3-23(4-6-27)33-11-12-34-23/h13-14H,3-12H2,1-2H3. The van der Waals surface area contributed by atoms with Crippen LogP contribution in [0.25, 0.3) is 10.9 Å². The molecule has 0 saturated carbocycles. The minimum atomic E-state index is -1.11. The zero-order valence-corrected chi connectivity index (χ0v) is 20.5. The van der Waals surface area contributed by atoms with Crippen LogP contribution in [0.3, 0.4) is 0 Å². The third kappa shape index (κ3) is 4.37. The van der Waals surface area contributed by atoms with Crippen molar-refractivity contribution < 1.29 is 32.0 Å². The molecule has 0 aliphatic carbocycles. The molecule has 4 heterocycles. The summed E-state index contributed by atoms with van der Waals surface area (Å²) in [5.74, 6) is -3.20. The summed E-state index contributed by atoms with van der Waals surface area (Å²) in [4.78, 5) is 21.5. The first-order chi connectivity index (χ1) is 16.8. The lowest BCUT2D eigenvalue weighted by Crippen LogP contribution is -2.49. The van der Waals surface area contributed by atoms with E-state index in [1.165, 1.54) is 19.4 Å². The van der Waals surface area contributed by atoms with Gasteiger partial charge in [-0.05, 0) is 6.07 Å². The summed E-state index contributed by atoms with van der Waals surface area (Å²) in [6, 6.07) is 1.18. The van der Waals surface area contributed by atoms with E-state index in [-0.39, 0.29) is 22.4 Å². The molecule has 1 unspecified atom stereocenters. The Morgan fingerprint density at radius 3 is 2.37 bits per heavy atom. The number of amides is 1. The van der Waals surface area contributed by atoms with E-state index in [9.17, 15) is 13.4 Å². The average Bonchev–Trinajstić information content (AvgIpc) is 3.32. The molecule has 12 heteroatoms. The van der Waals surface area contributed by atoms with Gasteiger partial charge in [0.1, 0.15) is 5.52 Å². The molecule has 35 heavy (non-hydrogen) atoms. The molecule has 0 bridgehead atoms. The zero-order valence-electron chi connectivity index (χ0n) is 19.7. The van der Waals surface area contributed by atoms with E-state index in [0.29, 0.717) is 71.0 Å². The van der Waals surface area contributed by atoms with Crippen molar-refractivity contribution in [2.45, 2.75) is 18.6 Å². The van der Waals surface area contributed by atoms with Crippen LogP contribution in [0.2, 0.25) is 0 Å². The van der Waals surface area contributed by atoms with E-state index in [1.54, 1.807) is 15.5 Å². The Bertz CT molecular complexity index is 1160. The Hall–Kier alpha value is -2.41. The SMILES string of the molecule is COc1c(F)cc2c(N3CCC4(CC3)OCCO4)c(C(=O)N3CCN(S(C)=O)CC3)cnc2c1F. The number of carbonyl (C=O) groups excluding carboxylic acids is 1. The monoisotopic (exact) mass is 510 g/mol.